The first-order valence-electron chi connectivity index (χ1n) is 8.30. The average molecular weight is 331 g/mol. The predicted molar refractivity (Wildman–Crippen MR) is 93.2 cm³/mol. The Labute approximate surface area is 141 Å². The Morgan fingerprint density at radius 2 is 1.92 bits per heavy atom. The summed E-state index contributed by atoms with van der Waals surface area (Å²) in [6.45, 7) is 6.09. The summed E-state index contributed by atoms with van der Waals surface area (Å²) in [5.41, 5.74) is 6.88. The molecule has 0 saturated carbocycles. The second-order valence-corrected chi connectivity index (χ2v) is 6.70. The van der Waals surface area contributed by atoms with Gasteiger partial charge >= 0.3 is 0 Å². The third kappa shape index (κ3) is 3.24. The third-order valence-corrected chi connectivity index (χ3v) is 4.36. The molecule has 0 unspecified atom stereocenters. The van der Waals surface area contributed by atoms with Crippen LogP contribution in [0.1, 0.15) is 44.3 Å². The first-order chi connectivity index (χ1) is 11.5. The van der Waals surface area contributed by atoms with Crippen LogP contribution in [-0.4, -0.2) is 57.4 Å². The van der Waals surface area contributed by atoms with E-state index in [4.69, 9.17) is 10.7 Å². The Hall–Kier alpha value is -2.45. The van der Waals surface area contributed by atoms with Crippen molar-refractivity contribution < 1.29 is 0 Å². The number of nitrogens with zero attached hydrogens (tertiary/aromatic N) is 8. The molecule has 2 aromatic heterocycles. The summed E-state index contributed by atoms with van der Waals surface area (Å²) in [5, 5.41) is 11.4. The lowest BCUT2D eigenvalue weighted by Crippen LogP contribution is -2.36. The van der Waals surface area contributed by atoms with Gasteiger partial charge in [0.15, 0.2) is 0 Å². The minimum Gasteiger partial charge on any atom is -0.367 e. The van der Waals surface area contributed by atoms with Crippen molar-refractivity contribution in [1.29, 1.82) is 0 Å². The molecule has 0 amide bonds. The maximum atomic E-state index is 5.81. The molecule has 3 rings (SSSR count). The molecule has 24 heavy (non-hydrogen) atoms. The summed E-state index contributed by atoms with van der Waals surface area (Å²) in [4.78, 5) is 13.6. The molecule has 1 aliphatic heterocycles. The number of aromatic nitrogens is 6. The fourth-order valence-electron chi connectivity index (χ4n) is 2.90. The normalized spacial score (nSPS) is 16.0. The molecular weight excluding hydrogens is 306 g/mol. The molecule has 0 radical (unpaired) electrons. The largest absolute Gasteiger partial charge is 0.367 e. The van der Waals surface area contributed by atoms with Gasteiger partial charge in [-0.1, -0.05) is 18.9 Å². The molecule has 1 saturated heterocycles. The van der Waals surface area contributed by atoms with Crippen molar-refractivity contribution in [3.8, 4) is 0 Å². The number of nitrogens with two attached hydrogens (primary N) is 1. The molecule has 3 heterocycles. The summed E-state index contributed by atoms with van der Waals surface area (Å²) in [5.74, 6) is 2.49. The van der Waals surface area contributed by atoms with Gasteiger partial charge in [0.2, 0.25) is 11.9 Å². The fraction of sp³-hybridized carbons (Fsp3) is 0.667. The molecule has 1 aliphatic rings. The highest BCUT2D eigenvalue weighted by Crippen LogP contribution is 2.28. The first kappa shape index (κ1) is 16.4. The van der Waals surface area contributed by atoms with E-state index in [1.165, 1.54) is 0 Å². The Kier molecular flexibility index (Phi) is 4.50. The van der Waals surface area contributed by atoms with E-state index in [1.807, 2.05) is 19.0 Å². The molecule has 2 N–H and O–H groups in total. The second kappa shape index (κ2) is 6.58. The number of hydrogen-bond donors (Lipinski definition) is 1. The van der Waals surface area contributed by atoms with E-state index in [1.54, 1.807) is 4.68 Å². The average Bonchev–Trinajstić information content (AvgIpc) is 3.00. The van der Waals surface area contributed by atoms with Crippen LogP contribution in [0.5, 0.6) is 0 Å². The number of tetrazole rings is 1. The van der Waals surface area contributed by atoms with E-state index in [2.05, 4.69) is 45.3 Å². The van der Waals surface area contributed by atoms with Crippen LogP contribution in [0, 0.1) is 0 Å². The zero-order valence-corrected chi connectivity index (χ0v) is 14.7. The summed E-state index contributed by atoms with van der Waals surface area (Å²) in [6.07, 6.45) is 1.88. The van der Waals surface area contributed by atoms with Crippen LogP contribution >= 0.6 is 0 Å². The highest BCUT2D eigenvalue weighted by Gasteiger charge is 2.25. The van der Waals surface area contributed by atoms with E-state index in [0.29, 0.717) is 11.9 Å². The van der Waals surface area contributed by atoms with Gasteiger partial charge < -0.3 is 15.5 Å². The van der Waals surface area contributed by atoms with E-state index in [0.717, 1.165) is 43.4 Å². The molecule has 0 spiro atoms. The van der Waals surface area contributed by atoms with Crippen molar-refractivity contribution in [2.75, 3.05) is 42.7 Å². The highest BCUT2D eigenvalue weighted by molar-refractivity contribution is 5.46. The molecule has 0 aromatic carbocycles. The van der Waals surface area contributed by atoms with Gasteiger partial charge in [-0.05, 0) is 29.2 Å². The maximum absolute atomic E-state index is 5.81. The van der Waals surface area contributed by atoms with Crippen molar-refractivity contribution >= 4 is 17.7 Å². The Bertz CT molecular complexity index is 660. The van der Waals surface area contributed by atoms with Gasteiger partial charge in [0.1, 0.15) is 5.82 Å². The van der Waals surface area contributed by atoms with Crippen molar-refractivity contribution in [3.05, 3.63) is 11.8 Å². The minimum absolute atomic E-state index is 0.246. The lowest BCUT2D eigenvalue weighted by atomic mass is 10.0. The Morgan fingerprint density at radius 3 is 2.46 bits per heavy atom. The van der Waals surface area contributed by atoms with Gasteiger partial charge in [-0.3, -0.25) is 0 Å². The van der Waals surface area contributed by atoms with Crippen molar-refractivity contribution in [2.45, 2.75) is 38.6 Å². The fourth-order valence-corrected chi connectivity index (χ4v) is 2.90. The van der Waals surface area contributed by atoms with Crippen LogP contribution in [0.25, 0.3) is 0 Å². The molecule has 0 aliphatic carbocycles. The Morgan fingerprint density at radius 1 is 1.21 bits per heavy atom. The standard InChI is InChI=1S/C15H25N9/c1-10(2)12-9-13(18-15(17-12)22(3)4)23-7-5-11(6-8-23)24-14(16)19-20-21-24/h9-11H,5-8H2,1-4H3,(H2,16,19,21). The minimum atomic E-state index is 0.246. The molecular formula is C15H25N9. The van der Waals surface area contributed by atoms with Crippen LogP contribution in [0.4, 0.5) is 17.7 Å². The van der Waals surface area contributed by atoms with Crippen LogP contribution < -0.4 is 15.5 Å². The topological polar surface area (TPSA) is 102 Å². The summed E-state index contributed by atoms with van der Waals surface area (Å²) in [6, 6.07) is 2.35. The van der Waals surface area contributed by atoms with Crippen molar-refractivity contribution in [3.63, 3.8) is 0 Å². The van der Waals surface area contributed by atoms with Gasteiger partial charge in [0.05, 0.1) is 11.7 Å². The van der Waals surface area contributed by atoms with Gasteiger partial charge in [-0.25, -0.2) is 9.67 Å². The van der Waals surface area contributed by atoms with Crippen LogP contribution in [0.2, 0.25) is 0 Å². The van der Waals surface area contributed by atoms with E-state index < -0.39 is 0 Å². The zero-order valence-electron chi connectivity index (χ0n) is 14.7. The molecule has 9 nitrogen and oxygen atoms in total. The van der Waals surface area contributed by atoms with Crippen molar-refractivity contribution in [2.24, 2.45) is 0 Å². The molecule has 0 bridgehead atoms. The van der Waals surface area contributed by atoms with Gasteiger partial charge in [-0.15, -0.1) is 0 Å². The third-order valence-electron chi connectivity index (χ3n) is 4.36. The van der Waals surface area contributed by atoms with E-state index >= 15 is 0 Å². The molecule has 9 heteroatoms. The van der Waals surface area contributed by atoms with E-state index in [-0.39, 0.29) is 6.04 Å². The smallest absolute Gasteiger partial charge is 0.240 e. The summed E-state index contributed by atoms with van der Waals surface area (Å²) < 4.78 is 1.72. The number of anilines is 3. The first-order valence-corrected chi connectivity index (χ1v) is 8.30. The molecule has 1 fully saturated rings. The highest BCUT2D eigenvalue weighted by atomic mass is 15.6. The van der Waals surface area contributed by atoms with Crippen molar-refractivity contribution in [1.82, 2.24) is 30.2 Å². The number of rotatable bonds is 4. The number of hydrogen-bond acceptors (Lipinski definition) is 8. The van der Waals surface area contributed by atoms with Crippen LogP contribution in [0.15, 0.2) is 6.07 Å². The zero-order chi connectivity index (χ0) is 17.3. The predicted octanol–water partition coefficient (Wildman–Crippen LogP) is 1.08. The van der Waals surface area contributed by atoms with Gasteiger partial charge in [0, 0.05) is 33.3 Å². The van der Waals surface area contributed by atoms with Crippen LogP contribution in [-0.2, 0) is 0 Å². The monoisotopic (exact) mass is 331 g/mol. The lowest BCUT2D eigenvalue weighted by molar-refractivity contribution is 0.363. The SMILES string of the molecule is CC(C)c1cc(N2CCC(n3nnnc3N)CC2)nc(N(C)C)n1. The second-order valence-electron chi connectivity index (χ2n) is 6.70. The van der Waals surface area contributed by atoms with Gasteiger partial charge in [0.25, 0.3) is 0 Å². The lowest BCUT2D eigenvalue weighted by Gasteiger charge is -2.33. The molecule has 0 atom stereocenters. The molecule has 2 aromatic rings. The maximum Gasteiger partial charge on any atom is 0.240 e. The van der Waals surface area contributed by atoms with E-state index in [9.17, 15) is 0 Å². The Balaban J connectivity index is 1.77. The number of nitrogen functional groups attached to an aromatic ring is 1. The number of piperidine rings is 1. The summed E-state index contributed by atoms with van der Waals surface area (Å²) >= 11 is 0. The summed E-state index contributed by atoms with van der Waals surface area (Å²) in [7, 11) is 3.94. The van der Waals surface area contributed by atoms with Gasteiger partial charge in [-0.2, -0.15) is 4.98 Å². The quantitative estimate of drug-likeness (QED) is 0.888. The molecule has 130 valence electrons. The van der Waals surface area contributed by atoms with Crippen LogP contribution in [0.3, 0.4) is 0 Å².